The lowest BCUT2D eigenvalue weighted by Crippen LogP contribution is -2.27. The highest BCUT2D eigenvalue weighted by atomic mass is 32.2. The van der Waals surface area contributed by atoms with Gasteiger partial charge in [-0.25, -0.2) is 4.98 Å². The van der Waals surface area contributed by atoms with Crippen molar-refractivity contribution in [3.63, 3.8) is 0 Å². The van der Waals surface area contributed by atoms with Gasteiger partial charge in [-0.1, -0.05) is 32.5 Å². The molecule has 5 nitrogen and oxygen atoms in total. The minimum atomic E-state index is -0.0217. The minimum Gasteiger partial charge on any atom is -0.356 e. The minimum absolute atomic E-state index is 0.0217. The van der Waals surface area contributed by atoms with E-state index in [0.29, 0.717) is 30.1 Å². The van der Waals surface area contributed by atoms with Gasteiger partial charge >= 0.3 is 0 Å². The zero-order valence-corrected chi connectivity index (χ0v) is 18.3. The molecule has 1 aliphatic rings. The van der Waals surface area contributed by atoms with E-state index in [1.54, 1.807) is 15.9 Å². The van der Waals surface area contributed by atoms with Crippen LogP contribution in [0.4, 0.5) is 0 Å². The number of aryl methyl sites for hydroxylation is 1. The number of carbonyl (C=O) groups excluding carboxylic acids is 1. The fourth-order valence-electron chi connectivity index (χ4n) is 3.48. The summed E-state index contributed by atoms with van der Waals surface area (Å²) in [7, 11) is 0. The molecule has 0 saturated carbocycles. The van der Waals surface area contributed by atoms with Crippen LogP contribution >= 0.6 is 23.1 Å². The van der Waals surface area contributed by atoms with E-state index in [-0.39, 0.29) is 17.2 Å². The van der Waals surface area contributed by atoms with E-state index in [2.05, 4.69) is 26.1 Å². The van der Waals surface area contributed by atoms with E-state index < -0.39 is 0 Å². The maximum Gasteiger partial charge on any atom is 0.263 e. The molecule has 1 aliphatic carbocycles. The van der Waals surface area contributed by atoms with Gasteiger partial charge in [0.05, 0.1) is 11.1 Å². The van der Waals surface area contributed by atoms with Gasteiger partial charge < -0.3 is 5.32 Å². The topological polar surface area (TPSA) is 64.0 Å². The van der Waals surface area contributed by atoms with Gasteiger partial charge in [0.1, 0.15) is 4.83 Å². The highest BCUT2D eigenvalue weighted by Crippen LogP contribution is 2.36. The standard InChI is InChI=1S/C20H29N3O2S2/c1-5-21-16(24)11-26-20-22-18-17(19(25)23(20)9-8-12(2)3)14-7-6-13(4)10-15(14)27-18/h12-13H,5-11H2,1-4H3,(H,21,24). The molecule has 27 heavy (non-hydrogen) atoms. The molecule has 2 aromatic heterocycles. The summed E-state index contributed by atoms with van der Waals surface area (Å²) in [6.07, 6.45) is 4.08. The van der Waals surface area contributed by atoms with Crippen LogP contribution in [0.3, 0.4) is 0 Å². The third kappa shape index (κ3) is 4.57. The first-order valence-electron chi connectivity index (χ1n) is 9.85. The molecule has 0 radical (unpaired) electrons. The Labute approximate surface area is 169 Å². The van der Waals surface area contributed by atoms with E-state index in [0.717, 1.165) is 35.9 Å². The van der Waals surface area contributed by atoms with Crippen molar-refractivity contribution in [2.24, 2.45) is 11.8 Å². The molecule has 1 atom stereocenters. The largest absolute Gasteiger partial charge is 0.356 e. The fraction of sp³-hybridized carbons (Fsp3) is 0.650. The maximum atomic E-state index is 13.4. The van der Waals surface area contributed by atoms with Gasteiger partial charge in [-0.2, -0.15) is 0 Å². The number of amides is 1. The van der Waals surface area contributed by atoms with Crippen molar-refractivity contribution in [1.29, 1.82) is 0 Å². The molecule has 0 bridgehead atoms. The summed E-state index contributed by atoms with van der Waals surface area (Å²) in [6.45, 7) is 9.76. The van der Waals surface area contributed by atoms with Crippen molar-refractivity contribution in [3.05, 3.63) is 20.8 Å². The number of rotatable bonds is 7. The van der Waals surface area contributed by atoms with Crippen LogP contribution in [0, 0.1) is 11.8 Å². The first kappa shape index (κ1) is 20.4. The van der Waals surface area contributed by atoms with Crippen molar-refractivity contribution in [1.82, 2.24) is 14.9 Å². The SMILES string of the molecule is CCNC(=O)CSc1nc2sc3c(c2c(=O)n1CCC(C)C)CCC(C)C3. The molecule has 0 saturated heterocycles. The Balaban J connectivity index is 2.02. The number of nitrogens with one attached hydrogen (secondary N) is 1. The first-order valence-corrected chi connectivity index (χ1v) is 11.7. The highest BCUT2D eigenvalue weighted by molar-refractivity contribution is 7.99. The number of hydrogen-bond donors (Lipinski definition) is 1. The molecule has 1 N–H and O–H groups in total. The summed E-state index contributed by atoms with van der Waals surface area (Å²) >= 11 is 3.04. The second-order valence-corrected chi connectivity index (χ2v) is 9.83. The van der Waals surface area contributed by atoms with Crippen molar-refractivity contribution >= 4 is 39.2 Å². The van der Waals surface area contributed by atoms with Crippen LogP contribution in [0.2, 0.25) is 0 Å². The fourth-order valence-corrected chi connectivity index (χ4v) is 5.76. The van der Waals surface area contributed by atoms with Gasteiger partial charge in [0.15, 0.2) is 5.16 Å². The average Bonchev–Trinajstić information content (AvgIpc) is 2.96. The zero-order valence-electron chi connectivity index (χ0n) is 16.6. The molecule has 2 aromatic rings. The zero-order chi connectivity index (χ0) is 19.6. The number of nitrogens with zero attached hydrogens (tertiary/aromatic N) is 2. The summed E-state index contributed by atoms with van der Waals surface area (Å²) in [4.78, 5) is 32.3. The van der Waals surface area contributed by atoms with Gasteiger partial charge in [-0.15, -0.1) is 11.3 Å². The predicted molar refractivity (Wildman–Crippen MR) is 114 cm³/mol. The smallest absolute Gasteiger partial charge is 0.263 e. The van der Waals surface area contributed by atoms with Gasteiger partial charge in [-0.3, -0.25) is 14.2 Å². The first-order chi connectivity index (χ1) is 12.9. The molecular formula is C20H29N3O2S2. The van der Waals surface area contributed by atoms with Crippen LogP contribution < -0.4 is 10.9 Å². The molecule has 2 heterocycles. The van der Waals surface area contributed by atoms with Gasteiger partial charge in [0.25, 0.3) is 5.56 Å². The van der Waals surface area contributed by atoms with Crippen LogP contribution in [-0.4, -0.2) is 27.8 Å². The second-order valence-electron chi connectivity index (χ2n) is 7.81. The molecule has 1 unspecified atom stereocenters. The summed E-state index contributed by atoms with van der Waals surface area (Å²) in [5, 5.41) is 4.31. The van der Waals surface area contributed by atoms with Crippen molar-refractivity contribution < 1.29 is 4.79 Å². The third-order valence-corrected chi connectivity index (χ3v) is 7.14. The lowest BCUT2D eigenvalue weighted by molar-refractivity contribution is -0.118. The summed E-state index contributed by atoms with van der Waals surface area (Å²) < 4.78 is 1.80. The Morgan fingerprint density at radius 3 is 2.93 bits per heavy atom. The summed E-state index contributed by atoms with van der Waals surface area (Å²) in [5.74, 6) is 1.44. The lowest BCUT2D eigenvalue weighted by Gasteiger charge is -2.18. The normalized spacial score (nSPS) is 16.7. The molecule has 0 spiro atoms. The number of aromatic nitrogens is 2. The molecule has 0 fully saturated rings. The Kier molecular flexibility index (Phi) is 6.63. The number of fused-ring (bicyclic) bond motifs is 3. The molecular weight excluding hydrogens is 378 g/mol. The highest BCUT2D eigenvalue weighted by Gasteiger charge is 2.25. The van der Waals surface area contributed by atoms with Gasteiger partial charge in [0, 0.05) is 18.0 Å². The van der Waals surface area contributed by atoms with Crippen molar-refractivity contribution in [2.45, 2.75) is 65.1 Å². The molecule has 148 valence electrons. The predicted octanol–water partition coefficient (Wildman–Crippen LogP) is 3.86. The number of thiophene rings is 1. The Morgan fingerprint density at radius 1 is 1.44 bits per heavy atom. The van der Waals surface area contributed by atoms with E-state index in [1.807, 2.05) is 6.92 Å². The quantitative estimate of drug-likeness (QED) is 0.559. The molecule has 1 amide bonds. The van der Waals surface area contributed by atoms with Crippen LogP contribution in [0.1, 0.15) is 51.0 Å². The van der Waals surface area contributed by atoms with E-state index in [9.17, 15) is 9.59 Å². The van der Waals surface area contributed by atoms with Gasteiger partial charge in [0.2, 0.25) is 5.91 Å². The van der Waals surface area contributed by atoms with Crippen LogP contribution in [0.25, 0.3) is 10.2 Å². The van der Waals surface area contributed by atoms with Crippen LogP contribution in [0.15, 0.2) is 9.95 Å². The Morgan fingerprint density at radius 2 is 2.22 bits per heavy atom. The van der Waals surface area contributed by atoms with Crippen molar-refractivity contribution in [2.75, 3.05) is 12.3 Å². The van der Waals surface area contributed by atoms with Crippen molar-refractivity contribution in [3.8, 4) is 0 Å². The molecule has 0 aromatic carbocycles. The van der Waals surface area contributed by atoms with E-state index in [4.69, 9.17) is 4.98 Å². The van der Waals surface area contributed by atoms with E-state index >= 15 is 0 Å². The van der Waals surface area contributed by atoms with Gasteiger partial charge in [-0.05, 0) is 50.0 Å². The summed E-state index contributed by atoms with van der Waals surface area (Å²) in [6, 6.07) is 0. The van der Waals surface area contributed by atoms with E-state index in [1.165, 1.54) is 22.2 Å². The van der Waals surface area contributed by atoms with Crippen LogP contribution in [0.5, 0.6) is 0 Å². The molecule has 0 aliphatic heterocycles. The summed E-state index contributed by atoms with van der Waals surface area (Å²) in [5.41, 5.74) is 1.30. The monoisotopic (exact) mass is 407 g/mol. The number of carbonyl (C=O) groups is 1. The molecule has 3 rings (SSSR count). The molecule has 7 heteroatoms. The average molecular weight is 408 g/mol. The maximum absolute atomic E-state index is 13.4. The third-order valence-electron chi connectivity index (χ3n) is 5.02. The number of hydrogen-bond acceptors (Lipinski definition) is 5. The number of thioether (sulfide) groups is 1. The van der Waals surface area contributed by atoms with Crippen LogP contribution in [-0.2, 0) is 24.2 Å². The Bertz CT molecular complexity index is 885. The Hall–Kier alpha value is -1.34. The second kappa shape index (κ2) is 8.78. The lowest BCUT2D eigenvalue weighted by atomic mass is 9.89.